The van der Waals surface area contributed by atoms with Gasteiger partial charge in [-0.3, -0.25) is 4.79 Å². The molecule has 5 nitrogen and oxygen atoms in total. The minimum Gasteiger partial charge on any atom is -0.399 e. The Kier molecular flexibility index (Phi) is 4.18. The summed E-state index contributed by atoms with van der Waals surface area (Å²) in [6.07, 6.45) is 5.19. The van der Waals surface area contributed by atoms with Crippen molar-refractivity contribution in [3.8, 4) is 0 Å². The third kappa shape index (κ3) is 3.58. The number of nitrogen functional groups attached to an aromatic ring is 1. The number of nitrogens with two attached hydrogens (primary N) is 1. The lowest BCUT2D eigenvalue weighted by atomic mass is 10.1. The van der Waals surface area contributed by atoms with Crippen LogP contribution in [0.5, 0.6) is 0 Å². The maximum Gasteiger partial charge on any atom is 0.251 e. The lowest BCUT2D eigenvalue weighted by Crippen LogP contribution is -2.25. The van der Waals surface area contributed by atoms with E-state index in [2.05, 4.69) is 15.3 Å². The number of nitrogens with one attached hydrogen (secondary N) is 2. The predicted octanol–water partition coefficient (Wildman–Crippen LogP) is 1.66. The van der Waals surface area contributed by atoms with Crippen molar-refractivity contribution >= 4 is 11.6 Å². The lowest BCUT2D eigenvalue weighted by Gasteiger charge is -2.08. The van der Waals surface area contributed by atoms with Crippen LogP contribution in [0, 0.1) is 6.92 Å². The second-order valence-electron chi connectivity index (χ2n) is 4.47. The molecular weight excluding hydrogens is 240 g/mol. The van der Waals surface area contributed by atoms with Crippen LogP contribution in [-0.2, 0) is 6.42 Å². The zero-order valence-electron chi connectivity index (χ0n) is 10.9. The molecule has 19 heavy (non-hydrogen) atoms. The number of carbonyl (C=O) groups excluding carboxylic acids is 1. The van der Waals surface area contributed by atoms with Crippen LogP contribution in [0.25, 0.3) is 0 Å². The van der Waals surface area contributed by atoms with E-state index >= 15 is 0 Å². The number of hydrogen-bond donors (Lipinski definition) is 3. The van der Waals surface area contributed by atoms with Crippen LogP contribution >= 0.6 is 0 Å². The van der Waals surface area contributed by atoms with Crippen LogP contribution in [0.15, 0.2) is 30.6 Å². The molecule has 0 saturated heterocycles. The fraction of sp³-hybridized carbons (Fsp3) is 0.286. The first kappa shape index (κ1) is 13.1. The number of carbonyl (C=O) groups is 1. The van der Waals surface area contributed by atoms with E-state index in [9.17, 15) is 4.79 Å². The summed E-state index contributed by atoms with van der Waals surface area (Å²) < 4.78 is 0. The summed E-state index contributed by atoms with van der Waals surface area (Å²) in [5.74, 6) is 0.860. The molecular formula is C14H18N4O. The maximum absolute atomic E-state index is 12.0. The minimum absolute atomic E-state index is 0.0794. The third-order valence-electron chi connectivity index (χ3n) is 2.94. The molecule has 0 fully saturated rings. The molecule has 2 aromatic rings. The van der Waals surface area contributed by atoms with Gasteiger partial charge in [-0.05, 0) is 31.0 Å². The molecule has 0 unspecified atom stereocenters. The van der Waals surface area contributed by atoms with Gasteiger partial charge < -0.3 is 16.0 Å². The molecule has 0 radical (unpaired) electrons. The van der Waals surface area contributed by atoms with E-state index in [4.69, 9.17) is 5.73 Å². The van der Waals surface area contributed by atoms with Crippen molar-refractivity contribution < 1.29 is 4.79 Å². The Bertz CT molecular complexity index is 549. The predicted molar refractivity (Wildman–Crippen MR) is 74.8 cm³/mol. The van der Waals surface area contributed by atoms with Crippen molar-refractivity contribution in [2.45, 2.75) is 19.8 Å². The normalized spacial score (nSPS) is 10.4. The van der Waals surface area contributed by atoms with Crippen LogP contribution < -0.4 is 11.1 Å². The molecule has 0 aliphatic rings. The molecule has 1 amide bonds. The number of benzene rings is 1. The Balaban J connectivity index is 1.82. The number of imidazole rings is 1. The van der Waals surface area contributed by atoms with Gasteiger partial charge >= 0.3 is 0 Å². The number of aromatic amines is 1. The van der Waals surface area contributed by atoms with Crippen molar-refractivity contribution in [2.75, 3.05) is 12.3 Å². The number of rotatable bonds is 5. The topological polar surface area (TPSA) is 83.8 Å². The van der Waals surface area contributed by atoms with E-state index in [0.717, 1.165) is 24.2 Å². The van der Waals surface area contributed by atoms with Gasteiger partial charge in [0, 0.05) is 36.6 Å². The standard InChI is InChI=1S/C14H18N4O/c1-10-4-5-11(15)9-12(10)14(19)18-6-2-3-13-16-7-8-17-13/h4-5,7-9H,2-3,6,15H2,1H3,(H,16,17)(H,18,19). The van der Waals surface area contributed by atoms with Crippen molar-refractivity contribution in [3.63, 3.8) is 0 Å². The monoisotopic (exact) mass is 258 g/mol. The zero-order chi connectivity index (χ0) is 13.7. The Morgan fingerprint density at radius 2 is 2.32 bits per heavy atom. The minimum atomic E-state index is -0.0794. The van der Waals surface area contributed by atoms with E-state index in [0.29, 0.717) is 17.8 Å². The van der Waals surface area contributed by atoms with Crippen LogP contribution in [-0.4, -0.2) is 22.4 Å². The number of hydrogen-bond acceptors (Lipinski definition) is 3. The molecule has 0 spiro atoms. The number of nitrogens with zero attached hydrogens (tertiary/aromatic N) is 1. The second-order valence-corrected chi connectivity index (χ2v) is 4.47. The van der Waals surface area contributed by atoms with E-state index in [-0.39, 0.29) is 5.91 Å². The summed E-state index contributed by atoms with van der Waals surface area (Å²) >= 11 is 0. The molecule has 5 heteroatoms. The molecule has 100 valence electrons. The molecule has 1 aromatic carbocycles. The summed E-state index contributed by atoms with van der Waals surface area (Å²) in [5, 5.41) is 2.89. The highest BCUT2D eigenvalue weighted by Gasteiger charge is 2.08. The number of aryl methyl sites for hydroxylation is 2. The smallest absolute Gasteiger partial charge is 0.251 e. The molecule has 2 rings (SSSR count). The first-order chi connectivity index (χ1) is 9.16. The highest BCUT2D eigenvalue weighted by Crippen LogP contribution is 2.12. The summed E-state index contributed by atoms with van der Waals surface area (Å²) in [6.45, 7) is 2.52. The fourth-order valence-corrected chi connectivity index (χ4v) is 1.87. The van der Waals surface area contributed by atoms with Crippen LogP contribution in [0.1, 0.15) is 28.2 Å². The first-order valence-corrected chi connectivity index (χ1v) is 6.29. The molecule has 1 aromatic heterocycles. The Morgan fingerprint density at radius 3 is 3.05 bits per heavy atom. The van der Waals surface area contributed by atoms with Crippen LogP contribution in [0.2, 0.25) is 0 Å². The van der Waals surface area contributed by atoms with E-state index in [1.165, 1.54) is 0 Å². The van der Waals surface area contributed by atoms with Crippen LogP contribution in [0.3, 0.4) is 0 Å². The van der Waals surface area contributed by atoms with E-state index in [1.54, 1.807) is 24.5 Å². The number of H-pyrrole nitrogens is 1. The highest BCUT2D eigenvalue weighted by molar-refractivity contribution is 5.96. The van der Waals surface area contributed by atoms with Gasteiger partial charge in [0.2, 0.25) is 0 Å². The average Bonchev–Trinajstić information content (AvgIpc) is 2.90. The highest BCUT2D eigenvalue weighted by atomic mass is 16.1. The Morgan fingerprint density at radius 1 is 1.47 bits per heavy atom. The lowest BCUT2D eigenvalue weighted by molar-refractivity contribution is 0.0952. The maximum atomic E-state index is 12.0. The van der Waals surface area contributed by atoms with Gasteiger partial charge in [-0.15, -0.1) is 0 Å². The van der Waals surface area contributed by atoms with Gasteiger partial charge in [-0.2, -0.15) is 0 Å². The molecule has 0 atom stereocenters. The quantitative estimate of drug-likeness (QED) is 0.563. The van der Waals surface area contributed by atoms with Gasteiger partial charge in [0.1, 0.15) is 5.82 Å². The largest absolute Gasteiger partial charge is 0.399 e. The fourth-order valence-electron chi connectivity index (χ4n) is 1.87. The third-order valence-corrected chi connectivity index (χ3v) is 2.94. The molecule has 0 aliphatic heterocycles. The van der Waals surface area contributed by atoms with Gasteiger partial charge in [-0.25, -0.2) is 4.98 Å². The summed E-state index contributed by atoms with van der Waals surface area (Å²) in [5.41, 5.74) is 7.86. The first-order valence-electron chi connectivity index (χ1n) is 6.29. The SMILES string of the molecule is Cc1ccc(N)cc1C(=O)NCCCc1ncc[nH]1. The van der Waals surface area contributed by atoms with Gasteiger partial charge in [0.15, 0.2) is 0 Å². The van der Waals surface area contributed by atoms with E-state index in [1.807, 2.05) is 13.0 Å². The van der Waals surface area contributed by atoms with Gasteiger partial charge in [0.05, 0.1) is 0 Å². The number of anilines is 1. The molecule has 1 heterocycles. The van der Waals surface area contributed by atoms with Crippen molar-refractivity contribution in [1.82, 2.24) is 15.3 Å². The van der Waals surface area contributed by atoms with E-state index < -0.39 is 0 Å². The van der Waals surface area contributed by atoms with Gasteiger partial charge in [0.25, 0.3) is 5.91 Å². The van der Waals surface area contributed by atoms with Crippen molar-refractivity contribution in [3.05, 3.63) is 47.5 Å². The zero-order valence-corrected chi connectivity index (χ0v) is 10.9. The number of amides is 1. The molecule has 0 saturated carbocycles. The second kappa shape index (κ2) is 6.04. The molecule has 4 N–H and O–H groups in total. The summed E-state index contributed by atoms with van der Waals surface area (Å²) in [7, 11) is 0. The van der Waals surface area contributed by atoms with Crippen LogP contribution in [0.4, 0.5) is 5.69 Å². The number of aromatic nitrogens is 2. The van der Waals surface area contributed by atoms with Crippen molar-refractivity contribution in [2.24, 2.45) is 0 Å². The summed E-state index contributed by atoms with van der Waals surface area (Å²) in [6, 6.07) is 5.35. The molecule has 0 bridgehead atoms. The average molecular weight is 258 g/mol. The van der Waals surface area contributed by atoms with Crippen molar-refractivity contribution in [1.29, 1.82) is 0 Å². The van der Waals surface area contributed by atoms with Gasteiger partial charge in [-0.1, -0.05) is 6.07 Å². The Labute approximate surface area is 112 Å². The summed E-state index contributed by atoms with van der Waals surface area (Å²) in [4.78, 5) is 19.2. The Hall–Kier alpha value is -2.30. The molecule has 0 aliphatic carbocycles.